The average Bonchev–Trinajstić information content (AvgIpc) is 2.99. The number of nitrogens with zero attached hydrogens (tertiary/aromatic N) is 3. The van der Waals surface area contributed by atoms with Crippen molar-refractivity contribution in [1.82, 2.24) is 10.3 Å². The van der Waals surface area contributed by atoms with E-state index in [-0.39, 0.29) is 5.41 Å². The maximum atomic E-state index is 13.0. The van der Waals surface area contributed by atoms with Crippen LogP contribution in [-0.4, -0.2) is 50.4 Å². The summed E-state index contributed by atoms with van der Waals surface area (Å²) in [5, 5.41) is 13.2. The number of rotatable bonds is 8. The number of carbonyl (C=O) groups excluding carboxylic acids is 1. The maximum absolute atomic E-state index is 13.0. The van der Waals surface area contributed by atoms with Crippen LogP contribution >= 0.6 is 0 Å². The molecule has 0 spiro atoms. The molecular formula is C34H41N5O4. The smallest absolute Gasteiger partial charge is 0.341 e. The Bertz CT molecular complexity index is 1530. The average molecular weight is 584 g/mol. The van der Waals surface area contributed by atoms with E-state index >= 15 is 0 Å². The Morgan fingerprint density at radius 2 is 1.77 bits per heavy atom. The van der Waals surface area contributed by atoms with Gasteiger partial charge in [0.1, 0.15) is 18.1 Å². The van der Waals surface area contributed by atoms with Crippen LogP contribution in [0.25, 0.3) is 10.8 Å². The largest absolute Gasteiger partial charge is 0.491 e. The minimum absolute atomic E-state index is 0.138. The zero-order chi connectivity index (χ0) is 30.4. The topological polar surface area (TPSA) is 96.8 Å². The van der Waals surface area contributed by atoms with Crippen molar-refractivity contribution < 1.29 is 19.0 Å². The monoisotopic (exact) mass is 583 g/mol. The van der Waals surface area contributed by atoms with Crippen molar-refractivity contribution in [3.63, 3.8) is 0 Å². The van der Waals surface area contributed by atoms with Crippen LogP contribution in [-0.2, 0) is 9.47 Å². The molecule has 2 amide bonds. The molecule has 3 aromatic rings. The molecule has 0 aromatic heterocycles. The molecule has 0 saturated carbocycles. The Labute approximate surface area is 253 Å². The van der Waals surface area contributed by atoms with Gasteiger partial charge in [-0.3, -0.25) is 4.90 Å². The van der Waals surface area contributed by atoms with E-state index in [1.807, 2.05) is 74.5 Å². The van der Waals surface area contributed by atoms with Crippen molar-refractivity contribution in [2.75, 3.05) is 44.8 Å². The zero-order valence-electron chi connectivity index (χ0n) is 25.6. The maximum Gasteiger partial charge on any atom is 0.341 e. The minimum atomic E-state index is -0.495. The number of ether oxygens (including phenoxy) is 3. The minimum Gasteiger partial charge on any atom is -0.491 e. The van der Waals surface area contributed by atoms with Crippen LogP contribution in [0.2, 0.25) is 0 Å². The summed E-state index contributed by atoms with van der Waals surface area (Å²) in [6.45, 7) is 15.1. The van der Waals surface area contributed by atoms with Crippen molar-refractivity contribution in [2.24, 2.45) is 15.8 Å². The van der Waals surface area contributed by atoms with Gasteiger partial charge in [0.2, 0.25) is 0 Å². The van der Waals surface area contributed by atoms with Crippen molar-refractivity contribution in [2.45, 2.75) is 40.7 Å². The second-order valence-corrected chi connectivity index (χ2v) is 12.0. The molecule has 0 aliphatic carbocycles. The first-order valence-electron chi connectivity index (χ1n) is 14.8. The molecule has 43 heavy (non-hydrogen) atoms. The Kier molecular flexibility index (Phi) is 9.43. The first kappa shape index (κ1) is 30.3. The Balaban J connectivity index is 1.28. The lowest BCUT2D eigenvalue weighted by Gasteiger charge is -2.27. The van der Waals surface area contributed by atoms with Gasteiger partial charge in [-0.15, -0.1) is 5.11 Å². The number of anilines is 1. The van der Waals surface area contributed by atoms with Gasteiger partial charge in [-0.1, -0.05) is 80.1 Å². The molecule has 1 unspecified atom stereocenters. The van der Waals surface area contributed by atoms with Crippen molar-refractivity contribution >= 4 is 22.5 Å². The second-order valence-electron chi connectivity index (χ2n) is 12.0. The number of amides is 2. The number of morpholine rings is 1. The van der Waals surface area contributed by atoms with E-state index in [0.29, 0.717) is 18.0 Å². The van der Waals surface area contributed by atoms with Crippen LogP contribution in [0.3, 0.4) is 0 Å². The molecule has 0 bridgehead atoms. The molecule has 2 aliphatic heterocycles. The number of benzene rings is 3. The van der Waals surface area contributed by atoms with Gasteiger partial charge in [-0.2, -0.15) is 0 Å². The summed E-state index contributed by atoms with van der Waals surface area (Å²) in [4.78, 5) is 15.3. The molecule has 2 N–H and O–H groups in total. The molecular weight excluding hydrogens is 542 g/mol. The fourth-order valence-electron chi connectivity index (χ4n) is 5.11. The number of aryl methyl sites for hydroxylation is 2. The number of urea groups is 1. The van der Waals surface area contributed by atoms with Crippen LogP contribution in [0.5, 0.6) is 5.75 Å². The summed E-state index contributed by atoms with van der Waals surface area (Å²) in [6, 6.07) is 17.4. The third-order valence-electron chi connectivity index (χ3n) is 7.65. The Hall–Kier alpha value is -4.21. The van der Waals surface area contributed by atoms with Crippen molar-refractivity contribution in [1.29, 1.82) is 0 Å². The SMILES string of the molecule is Cc1ccc(C2OC=C(C(C)(C)C)C=C2N=NNC(=O)Nc2cc(C)c(OCCN3CCOCC3)c3ccccc23)cc1. The normalized spacial score (nSPS) is 17.7. The predicted octanol–water partition coefficient (Wildman–Crippen LogP) is 7.24. The Morgan fingerprint density at radius 3 is 2.49 bits per heavy atom. The molecule has 226 valence electrons. The summed E-state index contributed by atoms with van der Waals surface area (Å²) in [5.74, 6) is 0.823. The molecule has 1 saturated heterocycles. The van der Waals surface area contributed by atoms with E-state index < -0.39 is 12.1 Å². The fourth-order valence-corrected chi connectivity index (χ4v) is 5.11. The standard InChI is InChI=1S/C34H41N5O4/c1-23-10-12-25(13-11-23)32-30(21-26(22-43-32)34(3,4)5)36-38-37-33(40)35-29-20-24(2)31(28-9-7-6-8-27(28)29)42-19-16-39-14-17-41-18-15-39/h6-13,20-22,32H,14-19H2,1-5H3,(H2,35,36,37,40). The molecule has 1 atom stereocenters. The van der Waals surface area contributed by atoms with Crippen LogP contribution in [0.4, 0.5) is 10.5 Å². The molecule has 3 aromatic carbocycles. The predicted molar refractivity (Wildman–Crippen MR) is 169 cm³/mol. The molecule has 2 aliphatic rings. The van der Waals surface area contributed by atoms with E-state index in [2.05, 4.69) is 46.8 Å². The van der Waals surface area contributed by atoms with Gasteiger partial charge in [0.15, 0.2) is 6.10 Å². The van der Waals surface area contributed by atoms with Crippen molar-refractivity contribution in [3.8, 4) is 5.75 Å². The number of allylic oxidation sites excluding steroid dienone is 2. The Morgan fingerprint density at radius 1 is 1.05 bits per heavy atom. The van der Waals surface area contributed by atoms with E-state index in [9.17, 15) is 4.79 Å². The second kappa shape index (κ2) is 13.4. The molecule has 0 radical (unpaired) electrons. The van der Waals surface area contributed by atoms with Gasteiger partial charge in [-0.25, -0.2) is 10.2 Å². The summed E-state index contributed by atoms with van der Waals surface area (Å²) in [7, 11) is 0. The van der Waals surface area contributed by atoms with E-state index in [4.69, 9.17) is 14.2 Å². The lowest BCUT2D eigenvalue weighted by Crippen LogP contribution is -2.38. The van der Waals surface area contributed by atoms with E-state index in [1.54, 1.807) is 6.26 Å². The number of hydrogen-bond donors (Lipinski definition) is 2. The van der Waals surface area contributed by atoms with Gasteiger partial charge in [0, 0.05) is 30.4 Å². The van der Waals surface area contributed by atoms with Crippen molar-refractivity contribution in [3.05, 3.63) is 94.9 Å². The van der Waals surface area contributed by atoms with Gasteiger partial charge in [-0.05, 0) is 48.1 Å². The number of hydrogen-bond acceptors (Lipinski definition) is 7. The van der Waals surface area contributed by atoms with Gasteiger partial charge in [0.05, 0.1) is 25.2 Å². The summed E-state index contributed by atoms with van der Waals surface area (Å²) >= 11 is 0. The number of fused-ring (bicyclic) bond motifs is 1. The highest BCUT2D eigenvalue weighted by Gasteiger charge is 2.26. The van der Waals surface area contributed by atoms with Crippen LogP contribution < -0.4 is 15.5 Å². The number of nitrogens with one attached hydrogen (secondary N) is 2. The van der Waals surface area contributed by atoms with Gasteiger partial charge >= 0.3 is 6.03 Å². The zero-order valence-corrected chi connectivity index (χ0v) is 25.6. The summed E-state index contributed by atoms with van der Waals surface area (Å²) in [5.41, 5.74) is 7.70. The van der Waals surface area contributed by atoms with Crippen LogP contribution in [0, 0.1) is 19.3 Å². The molecule has 1 fully saturated rings. The summed E-state index contributed by atoms with van der Waals surface area (Å²) in [6.07, 6.45) is 3.33. The van der Waals surface area contributed by atoms with Crippen LogP contribution in [0.15, 0.2) is 88.5 Å². The summed E-state index contributed by atoms with van der Waals surface area (Å²) < 4.78 is 17.8. The lowest BCUT2D eigenvalue weighted by molar-refractivity contribution is 0.0323. The van der Waals surface area contributed by atoms with Gasteiger partial charge < -0.3 is 19.5 Å². The first-order valence-corrected chi connectivity index (χ1v) is 14.8. The quantitative estimate of drug-likeness (QED) is 0.215. The third-order valence-corrected chi connectivity index (χ3v) is 7.65. The van der Waals surface area contributed by atoms with E-state index in [1.165, 1.54) is 0 Å². The van der Waals surface area contributed by atoms with E-state index in [0.717, 1.165) is 71.6 Å². The molecule has 9 heteroatoms. The highest BCUT2D eigenvalue weighted by Crippen LogP contribution is 2.38. The molecule has 2 heterocycles. The number of carbonyl (C=O) groups is 1. The van der Waals surface area contributed by atoms with Crippen LogP contribution in [0.1, 0.15) is 43.6 Å². The highest BCUT2D eigenvalue weighted by molar-refractivity contribution is 6.04. The first-order chi connectivity index (χ1) is 20.7. The molecule has 9 nitrogen and oxygen atoms in total. The highest BCUT2D eigenvalue weighted by atomic mass is 16.5. The third kappa shape index (κ3) is 7.60. The molecule has 5 rings (SSSR count). The lowest BCUT2D eigenvalue weighted by atomic mass is 9.85. The fraction of sp³-hybridized carbons (Fsp3) is 0.382. The van der Waals surface area contributed by atoms with Gasteiger partial charge in [0.25, 0.3) is 0 Å².